The van der Waals surface area contributed by atoms with E-state index in [9.17, 15) is 13.2 Å². The van der Waals surface area contributed by atoms with Crippen LogP contribution in [0.5, 0.6) is 5.75 Å². The van der Waals surface area contributed by atoms with Crippen LogP contribution in [-0.4, -0.2) is 54.3 Å². The molecule has 0 bridgehead atoms. The Kier molecular flexibility index (Phi) is 9.14. The number of hydroxylamine groups is 1. The lowest BCUT2D eigenvalue weighted by molar-refractivity contribution is -0.132. The third-order valence-corrected chi connectivity index (χ3v) is 7.08. The van der Waals surface area contributed by atoms with E-state index in [-0.39, 0.29) is 17.3 Å². The first kappa shape index (κ1) is 23.7. The molecule has 1 aromatic carbocycles. The van der Waals surface area contributed by atoms with Gasteiger partial charge in [0.1, 0.15) is 18.4 Å². The van der Waals surface area contributed by atoms with Crippen LogP contribution >= 0.6 is 11.8 Å². The average molecular weight is 450 g/mol. The summed E-state index contributed by atoms with van der Waals surface area (Å²) in [5.74, 6) is 5.82. The zero-order valence-electron chi connectivity index (χ0n) is 16.6. The average Bonchev–Trinajstić information content (AvgIpc) is 2.77. The minimum atomic E-state index is -3.98. The standard InChI is InChI=1S/C20H23N3O5S2/c1-3-4-12-28-17-7-9-18(10-8-17)30(26,27)23(2)19(20(24)22-25)15-29-14-16-6-5-11-21-13-16/h5-11,13,19,25H,12,14-15H2,1-2H3,(H,22,24)/t19-/m0/s1. The van der Waals surface area contributed by atoms with Crippen LogP contribution in [0, 0.1) is 11.8 Å². The Morgan fingerprint density at radius 1 is 1.33 bits per heavy atom. The Morgan fingerprint density at radius 3 is 2.67 bits per heavy atom. The maximum atomic E-state index is 13.0. The number of benzene rings is 1. The van der Waals surface area contributed by atoms with Crippen molar-refractivity contribution < 1.29 is 23.2 Å². The zero-order chi connectivity index (χ0) is 22.0. The summed E-state index contributed by atoms with van der Waals surface area (Å²) in [5, 5.41) is 9.08. The van der Waals surface area contributed by atoms with Crippen LogP contribution in [0.15, 0.2) is 53.7 Å². The summed E-state index contributed by atoms with van der Waals surface area (Å²) in [6.45, 7) is 1.90. The number of likely N-dealkylation sites (N-methyl/N-ethyl adjacent to an activating group) is 1. The van der Waals surface area contributed by atoms with Crippen LogP contribution < -0.4 is 10.2 Å². The summed E-state index contributed by atoms with van der Waals surface area (Å²) < 4.78 is 32.3. The van der Waals surface area contributed by atoms with Gasteiger partial charge in [0.15, 0.2) is 0 Å². The third-order valence-electron chi connectivity index (χ3n) is 4.11. The highest BCUT2D eigenvalue weighted by atomic mass is 32.2. The summed E-state index contributed by atoms with van der Waals surface area (Å²) in [6, 6.07) is 8.43. The Morgan fingerprint density at radius 2 is 2.07 bits per heavy atom. The number of carbonyl (C=O) groups is 1. The Bertz CT molecular complexity index is 987. The fraction of sp³-hybridized carbons (Fsp3) is 0.300. The largest absolute Gasteiger partial charge is 0.481 e. The van der Waals surface area contributed by atoms with Gasteiger partial charge in [-0.25, -0.2) is 13.9 Å². The molecule has 0 aliphatic carbocycles. The van der Waals surface area contributed by atoms with Crippen LogP contribution in [0.2, 0.25) is 0 Å². The molecular weight excluding hydrogens is 426 g/mol. The molecule has 1 atom stereocenters. The molecule has 8 nitrogen and oxygen atoms in total. The van der Waals surface area contributed by atoms with Crippen molar-refractivity contribution in [3.63, 3.8) is 0 Å². The number of aromatic nitrogens is 1. The molecule has 1 heterocycles. The molecule has 0 aliphatic rings. The van der Waals surface area contributed by atoms with Crippen molar-refractivity contribution in [3.8, 4) is 17.6 Å². The lowest BCUT2D eigenvalue weighted by atomic mass is 10.3. The number of rotatable bonds is 10. The van der Waals surface area contributed by atoms with Crippen molar-refractivity contribution in [1.82, 2.24) is 14.8 Å². The quantitative estimate of drug-likeness (QED) is 0.324. The van der Waals surface area contributed by atoms with Crippen molar-refractivity contribution in [2.45, 2.75) is 23.6 Å². The minimum absolute atomic E-state index is 0.00641. The predicted octanol–water partition coefficient (Wildman–Crippen LogP) is 1.91. The minimum Gasteiger partial charge on any atom is -0.481 e. The predicted molar refractivity (Wildman–Crippen MR) is 114 cm³/mol. The number of ether oxygens (including phenoxy) is 1. The molecule has 2 aromatic rings. The smallest absolute Gasteiger partial charge is 0.262 e. The van der Waals surface area contributed by atoms with E-state index in [4.69, 9.17) is 9.94 Å². The van der Waals surface area contributed by atoms with E-state index >= 15 is 0 Å². The van der Waals surface area contributed by atoms with Crippen LogP contribution in [0.3, 0.4) is 0 Å². The summed E-state index contributed by atoms with van der Waals surface area (Å²) in [7, 11) is -2.67. The summed E-state index contributed by atoms with van der Waals surface area (Å²) >= 11 is 1.36. The van der Waals surface area contributed by atoms with Crippen molar-refractivity contribution in [1.29, 1.82) is 0 Å². The molecule has 0 fully saturated rings. The van der Waals surface area contributed by atoms with Gasteiger partial charge in [-0.15, -0.1) is 5.92 Å². The van der Waals surface area contributed by atoms with Crippen LogP contribution in [-0.2, 0) is 20.6 Å². The van der Waals surface area contributed by atoms with Gasteiger partial charge in [-0.05, 0) is 42.8 Å². The SMILES string of the molecule is CC#CCOc1ccc(S(=O)(=O)N(C)[C@@H](CSCc2cccnc2)C(=O)NO)cc1. The number of nitrogens with zero attached hydrogens (tertiary/aromatic N) is 2. The van der Waals surface area contributed by atoms with Crippen molar-refractivity contribution in [3.05, 3.63) is 54.4 Å². The van der Waals surface area contributed by atoms with Gasteiger partial charge in [0, 0.05) is 30.9 Å². The fourth-order valence-electron chi connectivity index (χ4n) is 2.43. The molecule has 0 radical (unpaired) electrons. The first-order chi connectivity index (χ1) is 14.4. The molecule has 0 saturated carbocycles. The molecule has 160 valence electrons. The first-order valence-corrected chi connectivity index (χ1v) is 11.5. The Labute approximate surface area is 180 Å². The van der Waals surface area contributed by atoms with E-state index < -0.39 is 22.0 Å². The zero-order valence-corrected chi connectivity index (χ0v) is 18.2. The monoisotopic (exact) mass is 449 g/mol. The van der Waals surface area contributed by atoms with E-state index in [1.54, 1.807) is 30.9 Å². The maximum absolute atomic E-state index is 13.0. The normalized spacial score (nSPS) is 12.0. The lowest BCUT2D eigenvalue weighted by Gasteiger charge is -2.25. The summed E-state index contributed by atoms with van der Waals surface area (Å²) in [5.41, 5.74) is 2.50. The lowest BCUT2D eigenvalue weighted by Crippen LogP contribution is -2.48. The number of hydrogen-bond donors (Lipinski definition) is 2. The number of carbonyl (C=O) groups excluding carboxylic acids is 1. The molecule has 30 heavy (non-hydrogen) atoms. The van der Waals surface area contributed by atoms with Crippen LogP contribution in [0.1, 0.15) is 12.5 Å². The molecule has 0 spiro atoms. The second kappa shape index (κ2) is 11.6. The molecule has 0 saturated heterocycles. The molecular formula is C20H23N3O5S2. The van der Waals surface area contributed by atoms with Gasteiger partial charge in [-0.3, -0.25) is 15.0 Å². The van der Waals surface area contributed by atoms with Gasteiger partial charge in [-0.1, -0.05) is 12.0 Å². The molecule has 1 amide bonds. The molecule has 10 heteroatoms. The van der Waals surface area contributed by atoms with Gasteiger partial charge in [0.25, 0.3) is 5.91 Å². The first-order valence-electron chi connectivity index (χ1n) is 8.91. The van der Waals surface area contributed by atoms with Crippen LogP contribution in [0.25, 0.3) is 0 Å². The Balaban J connectivity index is 2.11. The van der Waals surface area contributed by atoms with E-state index in [0.717, 1.165) is 9.87 Å². The highest BCUT2D eigenvalue weighted by Gasteiger charge is 2.32. The molecule has 1 aromatic heterocycles. The number of sulfonamides is 1. The number of hydrogen-bond acceptors (Lipinski definition) is 7. The van der Waals surface area contributed by atoms with Crippen molar-refractivity contribution in [2.24, 2.45) is 0 Å². The van der Waals surface area contributed by atoms with Crippen molar-refractivity contribution >= 4 is 27.7 Å². The second-order valence-electron chi connectivity index (χ2n) is 6.08. The van der Waals surface area contributed by atoms with Gasteiger partial charge in [0.05, 0.1) is 4.90 Å². The number of pyridine rings is 1. The summed E-state index contributed by atoms with van der Waals surface area (Å²) in [6.07, 6.45) is 3.36. The van der Waals surface area contributed by atoms with Gasteiger partial charge < -0.3 is 4.74 Å². The maximum Gasteiger partial charge on any atom is 0.262 e. The van der Waals surface area contributed by atoms with E-state index in [2.05, 4.69) is 16.8 Å². The van der Waals surface area contributed by atoms with E-state index in [0.29, 0.717) is 11.5 Å². The topological polar surface area (TPSA) is 109 Å². The van der Waals surface area contributed by atoms with E-state index in [1.165, 1.54) is 43.1 Å². The third kappa shape index (κ3) is 6.47. The van der Waals surface area contributed by atoms with Crippen LogP contribution in [0.4, 0.5) is 0 Å². The highest BCUT2D eigenvalue weighted by molar-refractivity contribution is 7.98. The second-order valence-corrected chi connectivity index (χ2v) is 9.10. The molecule has 2 rings (SSSR count). The van der Waals surface area contributed by atoms with Gasteiger partial charge >= 0.3 is 0 Å². The fourth-order valence-corrected chi connectivity index (χ4v) is 4.96. The molecule has 2 N–H and O–H groups in total. The number of amides is 1. The Hall–Kier alpha value is -2.58. The number of nitrogens with one attached hydrogen (secondary N) is 1. The van der Waals surface area contributed by atoms with Gasteiger partial charge in [0.2, 0.25) is 10.0 Å². The molecule has 0 aliphatic heterocycles. The summed E-state index contributed by atoms with van der Waals surface area (Å²) in [4.78, 5) is 16.2. The van der Waals surface area contributed by atoms with E-state index in [1.807, 2.05) is 6.07 Å². The molecule has 0 unspecified atom stereocenters. The number of thioether (sulfide) groups is 1. The van der Waals surface area contributed by atoms with Gasteiger partial charge in [-0.2, -0.15) is 16.1 Å². The highest BCUT2D eigenvalue weighted by Crippen LogP contribution is 2.22. The van der Waals surface area contributed by atoms with Crippen molar-refractivity contribution in [2.75, 3.05) is 19.4 Å².